The maximum atomic E-state index is 13.6. The normalized spacial score (nSPS) is 15.2. The fraction of sp³-hybridized carbons (Fsp3) is 0.350. The smallest absolute Gasteiger partial charge is 0.244 e. The summed E-state index contributed by atoms with van der Waals surface area (Å²) in [5, 5.41) is 2.74. The highest BCUT2D eigenvalue weighted by atomic mass is 32.2. The van der Waals surface area contributed by atoms with Gasteiger partial charge in [0.2, 0.25) is 15.9 Å². The van der Waals surface area contributed by atoms with Gasteiger partial charge in [0.15, 0.2) is 23.1 Å². The Bertz CT molecular complexity index is 1060. The zero-order chi connectivity index (χ0) is 22.1. The molecule has 10 heteroatoms. The van der Waals surface area contributed by atoms with Crippen molar-refractivity contribution in [2.45, 2.75) is 25.9 Å². The molecule has 2 aromatic carbocycles. The Hall–Kier alpha value is -2.88. The van der Waals surface area contributed by atoms with Crippen LogP contribution in [0.3, 0.4) is 0 Å². The lowest BCUT2D eigenvalue weighted by molar-refractivity contribution is -0.122. The molecule has 0 fully saturated rings. The number of carbonyl (C=O) groups excluding carboxylic acids is 1. The molecule has 0 saturated carbocycles. The lowest BCUT2D eigenvalue weighted by atomic mass is 10.1. The average molecular weight is 440 g/mol. The lowest BCUT2D eigenvalue weighted by Crippen LogP contribution is -2.48. The van der Waals surface area contributed by atoms with E-state index in [1.165, 1.54) is 6.92 Å². The van der Waals surface area contributed by atoms with Crippen LogP contribution in [0.25, 0.3) is 0 Å². The quantitative estimate of drug-likeness (QED) is 0.747. The Morgan fingerprint density at radius 1 is 1.03 bits per heavy atom. The zero-order valence-corrected chi connectivity index (χ0v) is 17.5. The minimum absolute atomic E-state index is 0.147. The van der Waals surface area contributed by atoms with Crippen LogP contribution in [0, 0.1) is 11.6 Å². The second-order valence-corrected chi connectivity index (χ2v) is 8.83. The highest BCUT2D eigenvalue weighted by Crippen LogP contribution is 2.32. The molecule has 7 nitrogen and oxygen atoms in total. The summed E-state index contributed by atoms with van der Waals surface area (Å²) in [4.78, 5) is 12.8. The molecule has 3 rings (SSSR count). The molecule has 30 heavy (non-hydrogen) atoms. The highest BCUT2D eigenvalue weighted by Gasteiger charge is 2.30. The number of hydrogen-bond donors (Lipinski definition) is 1. The van der Waals surface area contributed by atoms with Gasteiger partial charge in [0, 0.05) is 6.07 Å². The molecular weight excluding hydrogens is 418 g/mol. The van der Waals surface area contributed by atoms with Crippen molar-refractivity contribution in [2.24, 2.45) is 0 Å². The summed E-state index contributed by atoms with van der Waals surface area (Å²) in [5.41, 5.74) is 0.588. The van der Waals surface area contributed by atoms with Gasteiger partial charge < -0.3 is 14.8 Å². The number of anilines is 1. The summed E-state index contributed by atoms with van der Waals surface area (Å²) in [5.74, 6) is -1.76. The molecule has 0 spiro atoms. The van der Waals surface area contributed by atoms with E-state index in [0.29, 0.717) is 24.7 Å². The van der Waals surface area contributed by atoms with Crippen LogP contribution < -0.4 is 19.1 Å². The van der Waals surface area contributed by atoms with Gasteiger partial charge in [-0.1, -0.05) is 6.07 Å². The van der Waals surface area contributed by atoms with Crippen molar-refractivity contribution in [1.82, 2.24) is 5.32 Å². The molecule has 1 N–H and O–H groups in total. The predicted octanol–water partition coefficient (Wildman–Crippen LogP) is 2.77. The van der Waals surface area contributed by atoms with Crippen LogP contribution in [-0.4, -0.2) is 39.8 Å². The van der Waals surface area contributed by atoms with Crippen LogP contribution in [0.4, 0.5) is 14.5 Å². The average Bonchev–Trinajstić information content (AvgIpc) is 2.69. The number of rotatable bonds is 6. The van der Waals surface area contributed by atoms with Gasteiger partial charge in [-0.15, -0.1) is 0 Å². The van der Waals surface area contributed by atoms with E-state index in [4.69, 9.17) is 9.47 Å². The molecular formula is C20H22F2N2O5S. The number of benzene rings is 2. The number of ether oxygens (including phenoxy) is 2. The number of carbonyl (C=O) groups is 1. The second kappa shape index (κ2) is 8.47. The van der Waals surface area contributed by atoms with Crippen LogP contribution in [0.2, 0.25) is 0 Å². The van der Waals surface area contributed by atoms with Crippen LogP contribution in [-0.2, 0) is 14.8 Å². The summed E-state index contributed by atoms with van der Waals surface area (Å²) >= 11 is 0. The van der Waals surface area contributed by atoms with E-state index < -0.39 is 39.6 Å². The number of sulfonamides is 1. The number of halogens is 2. The van der Waals surface area contributed by atoms with Crippen LogP contribution >= 0.6 is 0 Å². The van der Waals surface area contributed by atoms with E-state index in [0.717, 1.165) is 34.3 Å². The Kier molecular flexibility index (Phi) is 6.16. The number of fused-ring (bicyclic) bond motifs is 1. The van der Waals surface area contributed by atoms with Crippen molar-refractivity contribution >= 4 is 21.6 Å². The molecule has 0 aromatic heterocycles. The molecule has 2 aromatic rings. The SMILES string of the molecule is C[C@H](C(=O)N[C@H](C)c1ccc2c(c1)OCCO2)N(c1ccc(F)c(F)c1)S(C)(=O)=O. The summed E-state index contributed by atoms with van der Waals surface area (Å²) in [6.45, 7) is 3.99. The molecule has 0 aliphatic carbocycles. The first-order valence-corrected chi connectivity index (χ1v) is 11.1. The summed E-state index contributed by atoms with van der Waals surface area (Å²) in [7, 11) is -3.96. The van der Waals surface area contributed by atoms with Crippen molar-refractivity contribution in [1.29, 1.82) is 0 Å². The number of nitrogens with zero attached hydrogens (tertiary/aromatic N) is 1. The van der Waals surface area contributed by atoms with Crippen LogP contribution in [0.1, 0.15) is 25.5 Å². The Labute approximate surface area is 173 Å². The summed E-state index contributed by atoms with van der Waals surface area (Å²) in [6.07, 6.45) is 0.891. The van der Waals surface area contributed by atoms with Crippen molar-refractivity contribution in [3.63, 3.8) is 0 Å². The maximum Gasteiger partial charge on any atom is 0.244 e. The van der Waals surface area contributed by atoms with Gasteiger partial charge in [-0.25, -0.2) is 17.2 Å². The molecule has 0 unspecified atom stereocenters. The van der Waals surface area contributed by atoms with E-state index in [-0.39, 0.29) is 5.69 Å². The zero-order valence-electron chi connectivity index (χ0n) is 16.7. The van der Waals surface area contributed by atoms with Gasteiger partial charge in [-0.2, -0.15) is 0 Å². The molecule has 1 aliphatic rings. The summed E-state index contributed by atoms with van der Waals surface area (Å²) < 4.78 is 63.2. The van der Waals surface area contributed by atoms with Gasteiger partial charge in [0.25, 0.3) is 0 Å². The van der Waals surface area contributed by atoms with E-state index in [2.05, 4.69) is 5.32 Å². The first-order valence-electron chi connectivity index (χ1n) is 9.22. The molecule has 1 amide bonds. The number of nitrogens with one attached hydrogen (secondary N) is 1. The standard InChI is InChI=1S/C20H22F2N2O5S/c1-12(14-4-7-18-19(10-14)29-9-8-28-18)23-20(25)13(2)24(30(3,26)27)15-5-6-16(21)17(22)11-15/h4-7,10-13H,8-9H2,1-3H3,(H,23,25)/t12-,13-/m1/s1. The summed E-state index contributed by atoms with van der Waals surface area (Å²) in [6, 6.07) is 6.23. The molecule has 0 bridgehead atoms. The third kappa shape index (κ3) is 4.64. The van der Waals surface area contributed by atoms with E-state index >= 15 is 0 Å². The molecule has 1 aliphatic heterocycles. The van der Waals surface area contributed by atoms with Gasteiger partial charge in [0.05, 0.1) is 18.0 Å². The minimum Gasteiger partial charge on any atom is -0.486 e. The van der Waals surface area contributed by atoms with Crippen LogP contribution in [0.15, 0.2) is 36.4 Å². The van der Waals surface area contributed by atoms with E-state index in [1.807, 2.05) is 0 Å². The fourth-order valence-electron chi connectivity index (χ4n) is 3.18. The largest absolute Gasteiger partial charge is 0.486 e. The van der Waals surface area contributed by atoms with Crippen molar-refractivity contribution in [3.05, 3.63) is 53.6 Å². The van der Waals surface area contributed by atoms with Gasteiger partial charge in [-0.05, 0) is 43.7 Å². The number of amides is 1. The monoisotopic (exact) mass is 440 g/mol. The molecule has 0 radical (unpaired) electrons. The Morgan fingerprint density at radius 2 is 1.70 bits per heavy atom. The topological polar surface area (TPSA) is 84.9 Å². The van der Waals surface area contributed by atoms with Gasteiger partial charge >= 0.3 is 0 Å². The lowest BCUT2D eigenvalue weighted by Gasteiger charge is -2.29. The fourth-order valence-corrected chi connectivity index (χ4v) is 4.34. The van der Waals surface area contributed by atoms with E-state index in [9.17, 15) is 22.0 Å². The first kappa shape index (κ1) is 21.8. The molecule has 2 atom stereocenters. The third-order valence-corrected chi connectivity index (χ3v) is 5.91. The minimum atomic E-state index is -3.96. The van der Waals surface area contributed by atoms with Crippen molar-refractivity contribution in [2.75, 3.05) is 23.8 Å². The van der Waals surface area contributed by atoms with Crippen molar-refractivity contribution in [3.8, 4) is 11.5 Å². The molecule has 1 heterocycles. The molecule has 0 saturated heterocycles. The second-order valence-electron chi connectivity index (χ2n) is 6.97. The molecule has 162 valence electrons. The number of hydrogen-bond acceptors (Lipinski definition) is 5. The van der Waals surface area contributed by atoms with Crippen LogP contribution in [0.5, 0.6) is 11.5 Å². The third-order valence-electron chi connectivity index (χ3n) is 4.67. The Morgan fingerprint density at radius 3 is 2.33 bits per heavy atom. The highest BCUT2D eigenvalue weighted by molar-refractivity contribution is 7.92. The van der Waals surface area contributed by atoms with Gasteiger partial charge in [-0.3, -0.25) is 9.10 Å². The van der Waals surface area contributed by atoms with E-state index in [1.54, 1.807) is 25.1 Å². The maximum absolute atomic E-state index is 13.6. The predicted molar refractivity (Wildman–Crippen MR) is 107 cm³/mol. The van der Waals surface area contributed by atoms with Gasteiger partial charge in [0.1, 0.15) is 19.3 Å². The first-order chi connectivity index (χ1) is 14.1. The van der Waals surface area contributed by atoms with Crippen molar-refractivity contribution < 1.29 is 31.5 Å². The Balaban J connectivity index is 1.80.